The summed E-state index contributed by atoms with van der Waals surface area (Å²) in [5.41, 5.74) is 1.09. The third kappa shape index (κ3) is 3.93. The Morgan fingerprint density at radius 2 is 2.12 bits per heavy atom. The van der Waals surface area contributed by atoms with Crippen LogP contribution < -0.4 is 5.32 Å². The van der Waals surface area contributed by atoms with Crippen LogP contribution in [0, 0.1) is 6.92 Å². The van der Waals surface area contributed by atoms with E-state index in [-0.39, 0.29) is 23.1 Å². The molecule has 94 valence electrons. The highest BCUT2D eigenvalue weighted by atomic mass is 35.5. The van der Waals surface area contributed by atoms with E-state index in [4.69, 9.17) is 11.6 Å². The van der Waals surface area contributed by atoms with Crippen molar-refractivity contribution >= 4 is 17.5 Å². The van der Waals surface area contributed by atoms with Crippen molar-refractivity contribution in [2.75, 3.05) is 0 Å². The lowest BCUT2D eigenvalue weighted by atomic mass is 10.1. The molecule has 0 saturated heterocycles. The lowest BCUT2D eigenvalue weighted by Crippen LogP contribution is -2.34. The van der Waals surface area contributed by atoms with Crippen molar-refractivity contribution in [3.63, 3.8) is 0 Å². The Morgan fingerprint density at radius 3 is 2.71 bits per heavy atom. The molecule has 2 unspecified atom stereocenters. The Kier molecular flexibility index (Phi) is 4.82. The highest BCUT2D eigenvalue weighted by Gasteiger charge is 2.14. The predicted molar refractivity (Wildman–Crippen MR) is 69.7 cm³/mol. The summed E-state index contributed by atoms with van der Waals surface area (Å²) >= 11 is 5.87. The van der Waals surface area contributed by atoms with Gasteiger partial charge in [-0.15, -0.1) is 11.6 Å². The molecule has 0 fully saturated rings. The fourth-order valence-corrected chi connectivity index (χ4v) is 1.98. The number of amides is 1. The van der Waals surface area contributed by atoms with E-state index >= 15 is 0 Å². The maximum atomic E-state index is 11.9. The van der Waals surface area contributed by atoms with Crippen molar-refractivity contribution in [2.24, 2.45) is 0 Å². The normalized spacial score (nSPS) is 14.1. The molecule has 1 amide bonds. The summed E-state index contributed by atoms with van der Waals surface area (Å²) in [5, 5.41) is 12.4. The quantitative estimate of drug-likeness (QED) is 0.813. The van der Waals surface area contributed by atoms with Crippen molar-refractivity contribution in [1.82, 2.24) is 5.32 Å². The van der Waals surface area contributed by atoms with Gasteiger partial charge in [0, 0.05) is 22.5 Å². The molecule has 0 heterocycles. The van der Waals surface area contributed by atoms with Gasteiger partial charge >= 0.3 is 0 Å². The van der Waals surface area contributed by atoms with Crippen LogP contribution in [0.15, 0.2) is 18.2 Å². The van der Waals surface area contributed by atoms with Crippen LogP contribution >= 0.6 is 11.6 Å². The first-order valence-corrected chi connectivity index (χ1v) is 6.09. The van der Waals surface area contributed by atoms with E-state index in [9.17, 15) is 9.90 Å². The second-order valence-electron chi connectivity index (χ2n) is 4.34. The zero-order chi connectivity index (χ0) is 13.0. The number of hydrogen-bond donors (Lipinski definition) is 2. The first-order chi connectivity index (χ1) is 7.91. The number of carbonyl (C=O) groups excluding carboxylic acids is 1. The largest absolute Gasteiger partial charge is 0.508 e. The van der Waals surface area contributed by atoms with Crippen molar-refractivity contribution in [3.8, 4) is 5.75 Å². The monoisotopic (exact) mass is 255 g/mol. The Balaban J connectivity index is 2.73. The predicted octanol–water partition coefficient (Wildman–Crippen LogP) is 2.84. The topological polar surface area (TPSA) is 49.3 Å². The number of rotatable bonds is 4. The van der Waals surface area contributed by atoms with Crippen LogP contribution in [0.3, 0.4) is 0 Å². The Morgan fingerprint density at radius 1 is 1.47 bits per heavy atom. The maximum Gasteiger partial charge on any atom is 0.251 e. The first kappa shape index (κ1) is 13.8. The minimum atomic E-state index is -0.178. The van der Waals surface area contributed by atoms with Gasteiger partial charge < -0.3 is 10.4 Å². The lowest BCUT2D eigenvalue weighted by Gasteiger charge is -2.16. The molecule has 0 aromatic heterocycles. The number of aromatic hydroxyl groups is 1. The molecule has 1 aromatic rings. The zero-order valence-electron chi connectivity index (χ0n) is 10.3. The molecule has 0 spiro atoms. The van der Waals surface area contributed by atoms with Gasteiger partial charge in [0.25, 0.3) is 5.91 Å². The fraction of sp³-hybridized carbons (Fsp3) is 0.462. The van der Waals surface area contributed by atoms with Crippen LogP contribution in [-0.2, 0) is 0 Å². The number of alkyl halides is 1. The molecule has 3 nitrogen and oxygen atoms in total. The zero-order valence-corrected chi connectivity index (χ0v) is 11.1. The van der Waals surface area contributed by atoms with Crippen LogP contribution in [0.1, 0.15) is 36.2 Å². The van der Waals surface area contributed by atoms with E-state index in [1.165, 1.54) is 0 Å². The second-order valence-corrected chi connectivity index (χ2v) is 5.09. The molecule has 4 heteroatoms. The molecule has 2 N–H and O–H groups in total. The summed E-state index contributed by atoms with van der Waals surface area (Å²) in [5.74, 6) is -0.0424. The van der Waals surface area contributed by atoms with Gasteiger partial charge in [0.05, 0.1) is 0 Å². The number of halogens is 1. The van der Waals surface area contributed by atoms with Gasteiger partial charge in [-0.2, -0.15) is 0 Å². The maximum absolute atomic E-state index is 11.9. The van der Waals surface area contributed by atoms with E-state index in [0.717, 1.165) is 0 Å². The van der Waals surface area contributed by atoms with Gasteiger partial charge in [-0.25, -0.2) is 0 Å². The minimum absolute atomic E-state index is 0.0109. The molecule has 0 radical (unpaired) electrons. The number of phenolic OH excluding ortho intramolecular Hbond substituents is 1. The number of carbonyl (C=O) groups is 1. The van der Waals surface area contributed by atoms with E-state index < -0.39 is 0 Å². The average molecular weight is 256 g/mol. The lowest BCUT2D eigenvalue weighted by molar-refractivity contribution is 0.0937. The number of benzene rings is 1. The SMILES string of the molecule is Cc1c(O)cccc1C(=O)NC(C)CC(C)Cl. The highest BCUT2D eigenvalue weighted by molar-refractivity contribution is 6.20. The molecular formula is C13H18ClNO2. The van der Waals surface area contributed by atoms with E-state index in [0.29, 0.717) is 17.5 Å². The summed E-state index contributed by atoms with van der Waals surface area (Å²) < 4.78 is 0. The number of nitrogens with one attached hydrogen (secondary N) is 1. The molecular weight excluding hydrogens is 238 g/mol. The van der Waals surface area contributed by atoms with Gasteiger partial charge in [-0.1, -0.05) is 6.07 Å². The third-order valence-corrected chi connectivity index (χ3v) is 2.78. The van der Waals surface area contributed by atoms with E-state index in [1.807, 2.05) is 13.8 Å². The van der Waals surface area contributed by atoms with E-state index in [1.54, 1.807) is 25.1 Å². The van der Waals surface area contributed by atoms with Crippen LogP contribution in [0.4, 0.5) is 0 Å². The van der Waals surface area contributed by atoms with Crippen molar-refractivity contribution in [2.45, 2.75) is 38.6 Å². The Labute approximate surface area is 107 Å². The van der Waals surface area contributed by atoms with Crippen molar-refractivity contribution in [1.29, 1.82) is 0 Å². The fourth-order valence-electron chi connectivity index (χ4n) is 1.72. The smallest absolute Gasteiger partial charge is 0.251 e. The number of phenols is 1. The molecule has 1 aromatic carbocycles. The van der Waals surface area contributed by atoms with Crippen LogP contribution in [0.25, 0.3) is 0 Å². The summed E-state index contributed by atoms with van der Waals surface area (Å²) in [7, 11) is 0. The number of hydrogen-bond acceptors (Lipinski definition) is 2. The molecule has 2 atom stereocenters. The van der Waals surface area contributed by atoms with Gasteiger partial charge in [0.2, 0.25) is 0 Å². The van der Waals surface area contributed by atoms with Crippen LogP contribution in [0.2, 0.25) is 0 Å². The summed E-state index contributed by atoms with van der Waals surface area (Å²) in [6, 6.07) is 4.93. The van der Waals surface area contributed by atoms with Crippen molar-refractivity contribution in [3.05, 3.63) is 29.3 Å². The molecule has 17 heavy (non-hydrogen) atoms. The van der Waals surface area contributed by atoms with Gasteiger partial charge in [0.15, 0.2) is 0 Å². The summed E-state index contributed by atoms with van der Waals surface area (Å²) in [6.45, 7) is 5.53. The van der Waals surface area contributed by atoms with Crippen molar-refractivity contribution < 1.29 is 9.90 Å². The molecule has 0 saturated carbocycles. The average Bonchev–Trinajstić information content (AvgIpc) is 2.20. The summed E-state index contributed by atoms with van der Waals surface area (Å²) in [4.78, 5) is 11.9. The van der Waals surface area contributed by atoms with Gasteiger partial charge in [0.1, 0.15) is 5.75 Å². The molecule has 0 aliphatic heterocycles. The van der Waals surface area contributed by atoms with Gasteiger partial charge in [-0.3, -0.25) is 4.79 Å². The minimum Gasteiger partial charge on any atom is -0.508 e. The first-order valence-electron chi connectivity index (χ1n) is 5.65. The highest BCUT2D eigenvalue weighted by Crippen LogP contribution is 2.19. The Hall–Kier alpha value is -1.22. The standard InChI is InChI=1S/C13H18ClNO2/c1-8(14)7-9(2)15-13(17)11-5-4-6-12(16)10(11)3/h4-6,8-9,16H,7H2,1-3H3,(H,15,17). The molecule has 0 bridgehead atoms. The van der Waals surface area contributed by atoms with Crippen LogP contribution in [0.5, 0.6) is 5.75 Å². The summed E-state index contributed by atoms with van der Waals surface area (Å²) in [6.07, 6.45) is 0.713. The van der Waals surface area contributed by atoms with E-state index in [2.05, 4.69) is 5.32 Å². The Bertz CT molecular complexity index is 404. The molecule has 0 aliphatic rings. The molecule has 1 rings (SSSR count). The van der Waals surface area contributed by atoms with Gasteiger partial charge in [-0.05, 0) is 39.3 Å². The molecule has 0 aliphatic carbocycles. The van der Waals surface area contributed by atoms with Crippen LogP contribution in [-0.4, -0.2) is 22.4 Å². The third-order valence-electron chi connectivity index (χ3n) is 2.61. The second kappa shape index (κ2) is 5.92.